The average molecular weight is 251 g/mol. The van der Waals surface area contributed by atoms with E-state index in [9.17, 15) is 0 Å². The summed E-state index contributed by atoms with van der Waals surface area (Å²) < 4.78 is 5.14. The quantitative estimate of drug-likeness (QED) is 0.308. The Morgan fingerprint density at radius 3 is 2.50 bits per heavy atom. The number of nitrogens with two attached hydrogens (primary N) is 1. The van der Waals surface area contributed by atoms with Gasteiger partial charge < -0.3 is 21.0 Å². The molecule has 1 aromatic carbocycles. The summed E-state index contributed by atoms with van der Waals surface area (Å²) in [4.78, 5) is 0. The van der Waals surface area contributed by atoms with Crippen molar-refractivity contribution in [2.24, 2.45) is 10.9 Å². The van der Waals surface area contributed by atoms with Gasteiger partial charge >= 0.3 is 0 Å². The normalized spacial score (nSPS) is 12.7. The zero-order valence-electron chi connectivity index (χ0n) is 11.1. The molecule has 0 aliphatic rings. The van der Waals surface area contributed by atoms with E-state index < -0.39 is 0 Å². The van der Waals surface area contributed by atoms with Crippen molar-refractivity contribution in [2.45, 2.75) is 25.9 Å². The number of benzene rings is 1. The number of ether oxygens (including phenoxy) is 1. The van der Waals surface area contributed by atoms with E-state index in [0.717, 1.165) is 12.1 Å². The van der Waals surface area contributed by atoms with E-state index >= 15 is 0 Å². The van der Waals surface area contributed by atoms with Crippen molar-refractivity contribution >= 4 is 5.84 Å². The summed E-state index contributed by atoms with van der Waals surface area (Å²) in [5.74, 6) is 0.120. The zero-order valence-corrected chi connectivity index (χ0v) is 11.1. The molecule has 0 aliphatic heterocycles. The first-order valence-electron chi connectivity index (χ1n) is 5.79. The fraction of sp³-hybridized carbons (Fsp3) is 0.462. The molecule has 0 fully saturated rings. The Morgan fingerprint density at radius 2 is 2.00 bits per heavy atom. The second-order valence-corrected chi connectivity index (χ2v) is 4.85. The second-order valence-electron chi connectivity index (χ2n) is 4.85. The third kappa shape index (κ3) is 4.35. The largest absolute Gasteiger partial charge is 0.409 e. The molecule has 0 saturated carbocycles. The van der Waals surface area contributed by atoms with Crippen molar-refractivity contribution in [1.29, 1.82) is 0 Å². The van der Waals surface area contributed by atoms with E-state index in [0.29, 0.717) is 12.2 Å². The van der Waals surface area contributed by atoms with Crippen molar-refractivity contribution < 1.29 is 9.94 Å². The lowest BCUT2D eigenvalue weighted by molar-refractivity contribution is 0.128. The van der Waals surface area contributed by atoms with Gasteiger partial charge in [0.25, 0.3) is 0 Å². The molecular weight excluding hydrogens is 230 g/mol. The predicted octanol–water partition coefficient (Wildman–Crippen LogP) is 1.30. The molecule has 4 N–H and O–H groups in total. The first kappa shape index (κ1) is 14.5. The number of hydrogen-bond donors (Lipinski definition) is 3. The summed E-state index contributed by atoms with van der Waals surface area (Å²) in [6.45, 7) is 5.56. The fourth-order valence-electron chi connectivity index (χ4n) is 1.60. The Hall–Kier alpha value is -1.59. The van der Waals surface area contributed by atoms with Gasteiger partial charge in [-0.05, 0) is 19.4 Å². The highest BCUT2D eigenvalue weighted by atomic mass is 16.5. The zero-order chi connectivity index (χ0) is 13.6. The SMILES string of the molecule is COCC(C)(C)NCc1ccc(/C(N)=N/O)cc1. The van der Waals surface area contributed by atoms with Gasteiger partial charge in [-0.3, -0.25) is 0 Å². The standard InChI is InChI=1S/C13H21N3O2/c1-13(2,9-18-3)15-8-10-4-6-11(7-5-10)12(14)16-17/h4-7,15,17H,8-9H2,1-3H3,(H2,14,16). The predicted molar refractivity (Wildman–Crippen MR) is 71.7 cm³/mol. The van der Waals surface area contributed by atoms with Gasteiger partial charge in [-0.2, -0.15) is 0 Å². The molecule has 5 nitrogen and oxygen atoms in total. The molecule has 0 saturated heterocycles. The molecule has 0 aromatic heterocycles. The number of methoxy groups -OCH3 is 1. The lowest BCUT2D eigenvalue weighted by Crippen LogP contribution is -2.42. The van der Waals surface area contributed by atoms with Crippen LogP contribution in [0.4, 0.5) is 0 Å². The van der Waals surface area contributed by atoms with Crippen LogP contribution >= 0.6 is 0 Å². The first-order valence-corrected chi connectivity index (χ1v) is 5.79. The Bertz CT molecular complexity index is 399. The molecule has 1 rings (SSSR count). The number of rotatable bonds is 6. The van der Waals surface area contributed by atoms with Gasteiger partial charge in [0.1, 0.15) is 0 Å². The van der Waals surface area contributed by atoms with Crippen LogP contribution in [0, 0.1) is 0 Å². The topological polar surface area (TPSA) is 79.9 Å². The van der Waals surface area contributed by atoms with Gasteiger partial charge in [0.2, 0.25) is 0 Å². The summed E-state index contributed by atoms with van der Waals surface area (Å²) >= 11 is 0. The summed E-state index contributed by atoms with van der Waals surface area (Å²) in [6, 6.07) is 7.55. The Kier molecular flexibility index (Phi) is 5.12. The number of nitrogens with zero attached hydrogens (tertiary/aromatic N) is 1. The molecular formula is C13H21N3O2. The highest BCUT2D eigenvalue weighted by Gasteiger charge is 2.16. The van der Waals surface area contributed by atoms with Crippen LogP contribution in [0.2, 0.25) is 0 Å². The van der Waals surface area contributed by atoms with Crippen LogP contribution < -0.4 is 11.1 Å². The summed E-state index contributed by atoms with van der Waals surface area (Å²) in [6.07, 6.45) is 0. The lowest BCUT2D eigenvalue weighted by atomic mass is 10.1. The Labute approximate surface area is 108 Å². The highest BCUT2D eigenvalue weighted by molar-refractivity contribution is 5.96. The number of hydrogen-bond acceptors (Lipinski definition) is 4. The van der Waals surface area contributed by atoms with Crippen molar-refractivity contribution in [2.75, 3.05) is 13.7 Å². The van der Waals surface area contributed by atoms with Crippen LogP contribution in [0.1, 0.15) is 25.0 Å². The van der Waals surface area contributed by atoms with Crippen molar-refractivity contribution in [3.8, 4) is 0 Å². The lowest BCUT2D eigenvalue weighted by Gasteiger charge is -2.25. The minimum Gasteiger partial charge on any atom is -0.409 e. The maximum absolute atomic E-state index is 8.56. The molecule has 1 aromatic rings. The summed E-state index contributed by atoms with van der Waals surface area (Å²) in [5.41, 5.74) is 7.26. The minimum absolute atomic E-state index is 0.0704. The first-order chi connectivity index (χ1) is 8.48. The molecule has 0 aliphatic carbocycles. The molecule has 0 amide bonds. The molecule has 0 radical (unpaired) electrons. The fourth-order valence-corrected chi connectivity index (χ4v) is 1.60. The van der Waals surface area contributed by atoms with Gasteiger partial charge in [-0.15, -0.1) is 0 Å². The van der Waals surface area contributed by atoms with E-state index in [1.807, 2.05) is 24.3 Å². The maximum Gasteiger partial charge on any atom is 0.170 e. The van der Waals surface area contributed by atoms with E-state index in [4.69, 9.17) is 15.7 Å². The van der Waals surface area contributed by atoms with Gasteiger partial charge in [-0.1, -0.05) is 29.4 Å². The van der Waals surface area contributed by atoms with Gasteiger partial charge in [0.15, 0.2) is 5.84 Å². The number of nitrogens with one attached hydrogen (secondary N) is 1. The third-order valence-electron chi connectivity index (χ3n) is 2.63. The highest BCUT2D eigenvalue weighted by Crippen LogP contribution is 2.08. The minimum atomic E-state index is -0.0704. The van der Waals surface area contributed by atoms with E-state index in [1.54, 1.807) is 7.11 Å². The molecule has 0 spiro atoms. The average Bonchev–Trinajstić information content (AvgIpc) is 2.36. The van der Waals surface area contributed by atoms with Gasteiger partial charge in [-0.25, -0.2) is 0 Å². The van der Waals surface area contributed by atoms with Crippen molar-refractivity contribution in [3.63, 3.8) is 0 Å². The summed E-state index contributed by atoms with van der Waals surface area (Å²) in [7, 11) is 1.69. The van der Waals surface area contributed by atoms with Crippen LogP contribution in [0.3, 0.4) is 0 Å². The molecule has 0 atom stereocenters. The van der Waals surface area contributed by atoms with Crippen LogP contribution in [-0.4, -0.2) is 30.3 Å². The monoisotopic (exact) mass is 251 g/mol. The molecule has 0 bridgehead atoms. The second kappa shape index (κ2) is 6.37. The molecule has 5 heteroatoms. The van der Waals surface area contributed by atoms with Crippen LogP contribution in [0.25, 0.3) is 0 Å². The number of oxime groups is 1. The van der Waals surface area contributed by atoms with E-state index in [-0.39, 0.29) is 11.4 Å². The molecule has 18 heavy (non-hydrogen) atoms. The van der Waals surface area contributed by atoms with Gasteiger partial charge in [0, 0.05) is 24.8 Å². The molecule has 0 heterocycles. The van der Waals surface area contributed by atoms with Crippen LogP contribution in [-0.2, 0) is 11.3 Å². The Morgan fingerprint density at radius 1 is 1.39 bits per heavy atom. The molecule has 0 unspecified atom stereocenters. The van der Waals surface area contributed by atoms with Gasteiger partial charge in [0.05, 0.1) is 6.61 Å². The third-order valence-corrected chi connectivity index (χ3v) is 2.63. The van der Waals surface area contributed by atoms with Crippen LogP contribution in [0.15, 0.2) is 29.4 Å². The maximum atomic E-state index is 8.56. The summed E-state index contributed by atoms with van der Waals surface area (Å²) in [5, 5.41) is 14.9. The van der Waals surface area contributed by atoms with Crippen molar-refractivity contribution in [1.82, 2.24) is 5.32 Å². The van der Waals surface area contributed by atoms with E-state index in [2.05, 4.69) is 24.3 Å². The Balaban J connectivity index is 2.59. The van der Waals surface area contributed by atoms with Crippen LogP contribution in [0.5, 0.6) is 0 Å². The van der Waals surface area contributed by atoms with E-state index in [1.165, 1.54) is 0 Å². The number of amidine groups is 1. The van der Waals surface area contributed by atoms with Crippen molar-refractivity contribution in [3.05, 3.63) is 35.4 Å². The molecule has 100 valence electrons. The smallest absolute Gasteiger partial charge is 0.170 e.